The summed E-state index contributed by atoms with van der Waals surface area (Å²) >= 11 is 0. The topological polar surface area (TPSA) is 62.6 Å². The van der Waals surface area contributed by atoms with E-state index in [0.717, 1.165) is 48.9 Å². The van der Waals surface area contributed by atoms with Crippen molar-refractivity contribution in [1.29, 1.82) is 0 Å². The molecule has 0 saturated heterocycles. The zero-order valence-electron chi connectivity index (χ0n) is 13.1. The minimum atomic E-state index is -0.303. The van der Waals surface area contributed by atoms with E-state index in [1.54, 1.807) is 6.07 Å². The number of amides is 1. The largest absolute Gasteiger partial charge is 0.422 e. The molecule has 0 aliphatic carbocycles. The van der Waals surface area contributed by atoms with Crippen LogP contribution in [0.15, 0.2) is 21.3 Å². The van der Waals surface area contributed by atoms with E-state index in [4.69, 9.17) is 4.42 Å². The third-order valence-electron chi connectivity index (χ3n) is 4.94. The van der Waals surface area contributed by atoms with E-state index in [1.165, 1.54) is 23.2 Å². The van der Waals surface area contributed by atoms with Crippen molar-refractivity contribution in [2.45, 2.75) is 32.1 Å². The molecule has 2 aliphatic heterocycles. The SMILES string of the molecule is O=CNCCc1cc(=O)oc2c3c4c(cc12)CCCN4CCC3. The van der Waals surface area contributed by atoms with Crippen LogP contribution in [0, 0.1) is 0 Å². The lowest BCUT2D eigenvalue weighted by Gasteiger charge is -2.37. The van der Waals surface area contributed by atoms with Gasteiger partial charge in [0.2, 0.25) is 6.41 Å². The van der Waals surface area contributed by atoms with Crippen molar-refractivity contribution < 1.29 is 9.21 Å². The lowest BCUT2D eigenvalue weighted by atomic mass is 9.89. The van der Waals surface area contributed by atoms with Crippen LogP contribution in [0.1, 0.15) is 29.5 Å². The summed E-state index contributed by atoms with van der Waals surface area (Å²) in [5.41, 5.74) is 5.29. The molecule has 1 amide bonds. The fourth-order valence-corrected chi connectivity index (χ4v) is 4.01. The quantitative estimate of drug-likeness (QED) is 0.531. The molecule has 0 saturated carbocycles. The number of hydrogen-bond donors (Lipinski definition) is 1. The molecule has 1 N–H and O–H groups in total. The average molecular weight is 312 g/mol. The standard InChI is InChI=1S/C18H20N2O3/c21-11-19-6-5-12-10-16(22)23-18-14-4-2-8-20-7-1-3-13(17(14)20)9-15(12)18/h9-11H,1-8H2,(H,19,21). The predicted octanol–water partition coefficient (Wildman–Crippen LogP) is 1.78. The van der Waals surface area contributed by atoms with Gasteiger partial charge in [0, 0.05) is 42.3 Å². The molecule has 5 heteroatoms. The number of aryl methyl sites for hydroxylation is 2. The van der Waals surface area contributed by atoms with Gasteiger partial charge in [0.15, 0.2) is 0 Å². The highest BCUT2D eigenvalue weighted by atomic mass is 16.4. The van der Waals surface area contributed by atoms with Gasteiger partial charge < -0.3 is 14.6 Å². The van der Waals surface area contributed by atoms with Gasteiger partial charge in [0.25, 0.3) is 0 Å². The summed E-state index contributed by atoms with van der Waals surface area (Å²) in [6, 6.07) is 3.77. The molecule has 1 aromatic carbocycles. The van der Waals surface area contributed by atoms with Gasteiger partial charge in [-0.25, -0.2) is 4.79 Å². The van der Waals surface area contributed by atoms with Crippen molar-refractivity contribution >= 4 is 23.1 Å². The molecule has 0 bridgehead atoms. The summed E-state index contributed by atoms with van der Waals surface area (Å²) in [7, 11) is 0. The van der Waals surface area contributed by atoms with Gasteiger partial charge in [0.05, 0.1) is 0 Å². The van der Waals surface area contributed by atoms with Crippen molar-refractivity contribution in [3.8, 4) is 0 Å². The van der Waals surface area contributed by atoms with Gasteiger partial charge in [-0.05, 0) is 49.3 Å². The molecule has 1 aromatic heterocycles. The van der Waals surface area contributed by atoms with Crippen molar-refractivity contribution in [2.24, 2.45) is 0 Å². The van der Waals surface area contributed by atoms with E-state index in [1.807, 2.05) is 0 Å². The van der Waals surface area contributed by atoms with Crippen LogP contribution >= 0.6 is 0 Å². The maximum atomic E-state index is 12.0. The molecule has 4 rings (SSSR count). The molecule has 5 nitrogen and oxygen atoms in total. The molecule has 0 unspecified atom stereocenters. The van der Waals surface area contributed by atoms with E-state index in [-0.39, 0.29) is 5.63 Å². The molecule has 2 aliphatic rings. The highest BCUT2D eigenvalue weighted by Crippen LogP contribution is 2.40. The van der Waals surface area contributed by atoms with Crippen molar-refractivity contribution in [1.82, 2.24) is 5.32 Å². The highest BCUT2D eigenvalue weighted by molar-refractivity contribution is 5.90. The Morgan fingerprint density at radius 2 is 2.04 bits per heavy atom. The second kappa shape index (κ2) is 5.72. The molecule has 23 heavy (non-hydrogen) atoms. The first-order valence-corrected chi connectivity index (χ1v) is 8.31. The van der Waals surface area contributed by atoms with Crippen molar-refractivity contribution in [3.63, 3.8) is 0 Å². The minimum Gasteiger partial charge on any atom is -0.422 e. The zero-order chi connectivity index (χ0) is 15.8. The molecule has 0 spiro atoms. The van der Waals surface area contributed by atoms with Gasteiger partial charge in [-0.15, -0.1) is 0 Å². The predicted molar refractivity (Wildman–Crippen MR) is 89.1 cm³/mol. The number of rotatable bonds is 4. The van der Waals surface area contributed by atoms with Gasteiger partial charge in [-0.3, -0.25) is 4.79 Å². The van der Waals surface area contributed by atoms with Crippen LogP contribution in [0.5, 0.6) is 0 Å². The molecule has 0 radical (unpaired) electrons. The normalized spacial score (nSPS) is 16.3. The van der Waals surface area contributed by atoms with Gasteiger partial charge >= 0.3 is 5.63 Å². The zero-order valence-corrected chi connectivity index (χ0v) is 13.1. The van der Waals surface area contributed by atoms with Crippen LogP contribution in [-0.4, -0.2) is 26.0 Å². The minimum absolute atomic E-state index is 0.303. The molecule has 120 valence electrons. The second-order valence-electron chi connectivity index (χ2n) is 6.35. The van der Waals surface area contributed by atoms with E-state index < -0.39 is 0 Å². The molecule has 0 atom stereocenters. The molecular formula is C18H20N2O3. The summed E-state index contributed by atoms with van der Waals surface area (Å²) in [5.74, 6) is 0. The Morgan fingerprint density at radius 3 is 2.87 bits per heavy atom. The summed E-state index contributed by atoms with van der Waals surface area (Å²) in [4.78, 5) is 24.9. The Bertz CT molecular complexity index is 823. The summed E-state index contributed by atoms with van der Waals surface area (Å²) in [5, 5.41) is 3.71. The first kappa shape index (κ1) is 14.3. The third kappa shape index (κ3) is 2.40. The van der Waals surface area contributed by atoms with Crippen LogP contribution in [0.4, 0.5) is 5.69 Å². The maximum Gasteiger partial charge on any atom is 0.336 e. The summed E-state index contributed by atoms with van der Waals surface area (Å²) in [6.07, 6.45) is 5.66. The smallest absolute Gasteiger partial charge is 0.336 e. The van der Waals surface area contributed by atoms with Crippen LogP contribution in [-0.2, 0) is 24.1 Å². The van der Waals surface area contributed by atoms with Crippen molar-refractivity contribution in [3.05, 3.63) is 39.2 Å². The maximum absolute atomic E-state index is 12.0. The molecule has 3 heterocycles. The number of anilines is 1. The Labute approximate surface area is 134 Å². The Hall–Kier alpha value is -2.30. The van der Waals surface area contributed by atoms with E-state index >= 15 is 0 Å². The van der Waals surface area contributed by atoms with Gasteiger partial charge in [-0.1, -0.05) is 0 Å². The van der Waals surface area contributed by atoms with Crippen molar-refractivity contribution in [2.75, 3.05) is 24.5 Å². The second-order valence-corrected chi connectivity index (χ2v) is 6.35. The number of carbonyl (C=O) groups excluding carboxylic acids is 1. The first-order chi connectivity index (χ1) is 11.3. The fourth-order valence-electron chi connectivity index (χ4n) is 4.01. The van der Waals surface area contributed by atoms with E-state index in [9.17, 15) is 9.59 Å². The number of nitrogens with zero attached hydrogens (tertiary/aromatic N) is 1. The number of hydrogen-bond acceptors (Lipinski definition) is 4. The first-order valence-electron chi connectivity index (χ1n) is 8.31. The monoisotopic (exact) mass is 312 g/mol. The highest BCUT2D eigenvalue weighted by Gasteiger charge is 2.27. The number of fused-ring (bicyclic) bond motifs is 2. The molecule has 0 fully saturated rings. The van der Waals surface area contributed by atoms with Crippen LogP contribution < -0.4 is 15.8 Å². The summed E-state index contributed by atoms with van der Waals surface area (Å²) < 4.78 is 5.61. The number of nitrogens with one attached hydrogen (secondary N) is 1. The number of benzene rings is 1. The van der Waals surface area contributed by atoms with Crippen LogP contribution in [0.3, 0.4) is 0 Å². The Balaban J connectivity index is 1.92. The summed E-state index contributed by atoms with van der Waals surface area (Å²) in [6.45, 7) is 2.72. The van der Waals surface area contributed by atoms with Crippen LogP contribution in [0.2, 0.25) is 0 Å². The lowest BCUT2D eigenvalue weighted by Crippen LogP contribution is -2.34. The van der Waals surface area contributed by atoms with Crippen LogP contribution in [0.25, 0.3) is 11.0 Å². The molecule has 2 aromatic rings. The van der Waals surface area contributed by atoms with Gasteiger partial charge in [-0.2, -0.15) is 0 Å². The average Bonchev–Trinajstić information content (AvgIpc) is 2.56. The van der Waals surface area contributed by atoms with Gasteiger partial charge in [0.1, 0.15) is 5.58 Å². The Kier molecular flexibility index (Phi) is 3.56. The molecular weight excluding hydrogens is 292 g/mol. The van der Waals surface area contributed by atoms with E-state index in [2.05, 4.69) is 16.3 Å². The lowest BCUT2D eigenvalue weighted by molar-refractivity contribution is -0.109. The third-order valence-corrected chi connectivity index (χ3v) is 4.94. The number of carbonyl (C=O) groups is 1. The fraction of sp³-hybridized carbons (Fsp3) is 0.444. The van der Waals surface area contributed by atoms with E-state index in [0.29, 0.717) is 19.4 Å². The Morgan fingerprint density at radius 1 is 1.22 bits per heavy atom.